The highest BCUT2D eigenvalue weighted by molar-refractivity contribution is 14.1. The standard InChI is InChI=1S/C13H19IN2OS.ClH/c1-15-5-2-10-3-6-16(7-4-10)13(17)11-8-12(14)18-9-11;/h8-10,15H,2-7H2,1H3;1H. The van der Waals surface area contributed by atoms with Crippen molar-refractivity contribution in [2.45, 2.75) is 19.3 Å². The molecule has 0 spiro atoms. The number of hydrogen-bond donors (Lipinski definition) is 1. The molecule has 0 aliphatic carbocycles. The Labute approximate surface area is 138 Å². The summed E-state index contributed by atoms with van der Waals surface area (Å²) in [5.74, 6) is 0.991. The summed E-state index contributed by atoms with van der Waals surface area (Å²) in [6, 6.07) is 1.99. The van der Waals surface area contributed by atoms with E-state index in [4.69, 9.17) is 0 Å². The highest BCUT2D eigenvalue weighted by atomic mass is 127. The monoisotopic (exact) mass is 414 g/mol. The van der Waals surface area contributed by atoms with Crippen LogP contribution in [0.15, 0.2) is 11.4 Å². The number of carbonyl (C=O) groups excluding carboxylic acids is 1. The van der Waals surface area contributed by atoms with Crippen LogP contribution in [0.4, 0.5) is 0 Å². The normalized spacial score (nSPS) is 16.2. The highest BCUT2D eigenvalue weighted by Gasteiger charge is 2.23. The molecular formula is C13H20ClIN2OS. The highest BCUT2D eigenvalue weighted by Crippen LogP contribution is 2.23. The van der Waals surface area contributed by atoms with E-state index in [2.05, 4.69) is 27.9 Å². The van der Waals surface area contributed by atoms with Crippen LogP contribution < -0.4 is 5.32 Å². The molecule has 0 radical (unpaired) electrons. The van der Waals surface area contributed by atoms with Gasteiger partial charge in [0.15, 0.2) is 0 Å². The molecule has 1 aliphatic rings. The van der Waals surface area contributed by atoms with Crippen LogP contribution in [-0.4, -0.2) is 37.5 Å². The van der Waals surface area contributed by atoms with Crippen molar-refractivity contribution in [2.75, 3.05) is 26.7 Å². The van der Waals surface area contributed by atoms with Crippen molar-refractivity contribution < 1.29 is 4.79 Å². The van der Waals surface area contributed by atoms with Crippen LogP contribution in [0.1, 0.15) is 29.6 Å². The minimum Gasteiger partial charge on any atom is -0.339 e. The molecular weight excluding hydrogens is 395 g/mol. The second kappa shape index (κ2) is 8.44. The maximum Gasteiger partial charge on any atom is 0.254 e. The van der Waals surface area contributed by atoms with E-state index in [1.165, 1.54) is 9.30 Å². The van der Waals surface area contributed by atoms with Gasteiger partial charge in [0.05, 0.1) is 8.45 Å². The molecule has 1 N–H and O–H groups in total. The Morgan fingerprint density at radius 3 is 2.74 bits per heavy atom. The summed E-state index contributed by atoms with van der Waals surface area (Å²) >= 11 is 3.90. The van der Waals surface area contributed by atoms with Gasteiger partial charge in [-0.05, 0) is 67.4 Å². The minimum absolute atomic E-state index is 0. The molecule has 0 atom stereocenters. The van der Waals surface area contributed by atoms with Crippen molar-refractivity contribution >= 4 is 52.2 Å². The zero-order valence-electron chi connectivity index (χ0n) is 11.0. The van der Waals surface area contributed by atoms with Gasteiger partial charge in [0.1, 0.15) is 0 Å². The second-order valence-corrected chi connectivity index (χ2v) is 7.57. The predicted octanol–water partition coefficient (Wildman–Crippen LogP) is 3.24. The van der Waals surface area contributed by atoms with E-state index in [0.717, 1.165) is 44.0 Å². The minimum atomic E-state index is 0. The van der Waals surface area contributed by atoms with Gasteiger partial charge in [-0.3, -0.25) is 4.79 Å². The lowest BCUT2D eigenvalue weighted by Crippen LogP contribution is -2.38. The van der Waals surface area contributed by atoms with Gasteiger partial charge in [0, 0.05) is 18.5 Å². The van der Waals surface area contributed by atoms with Gasteiger partial charge in [-0.15, -0.1) is 23.7 Å². The average molecular weight is 415 g/mol. The van der Waals surface area contributed by atoms with Crippen LogP contribution >= 0.6 is 46.3 Å². The van der Waals surface area contributed by atoms with E-state index in [-0.39, 0.29) is 18.3 Å². The lowest BCUT2D eigenvalue weighted by Gasteiger charge is -2.31. The van der Waals surface area contributed by atoms with Crippen LogP contribution in [0, 0.1) is 8.80 Å². The molecule has 1 aromatic heterocycles. The molecule has 1 fully saturated rings. The van der Waals surface area contributed by atoms with Gasteiger partial charge in [-0.25, -0.2) is 0 Å². The molecule has 1 aliphatic heterocycles. The van der Waals surface area contributed by atoms with Crippen molar-refractivity contribution in [3.05, 3.63) is 19.9 Å². The zero-order valence-corrected chi connectivity index (χ0v) is 14.8. The predicted molar refractivity (Wildman–Crippen MR) is 91.5 cm³/mol. The van der Waals surface area contributed by atoms with Gasteiger partial charge in [-0.1, -0.05) is 0 Å². The molecule has 1 amide bonds. The van der Waals surface area contributed by atoms with Crippen LogP contribution in [0.25, 0.3) is 0 Å². The Morgan fingerprint density at radius 1 is 1.53 bits per heavy atom. The van der Waals surface area contributed by atoms with E-state index in [0.29, 0.717) is 0 Å². The molecule has 1 aromatic rings. The van der Waals surface area contributed by atoms with E-state index in [1.54, 1.807) is 11.3 Å². The Morgan fingerprint density at radius 2 is 2.21 bits per heavy atom. The third kappa shape index (κ3) is 4.88. The van der Waals surface area contributed by atoms with Gasteiger partial charge >= 0.3 is 0 Å². The van der Waals surface area contributed by atoms with Crippen molar-refractivity contribution in [1.29, 1.82) is 0 Å². The van der Waals surface area contributed by atoms with Crippen LogP contribution in [0.5, 0.6) is 0 Å². The third-order valence-corrected chi connectivity index (χ3v) is 5.31. The maximum absolute atomic E-state index is 12.3. The van der Waals surface area contributed by atoms with Crippen LogP contribution in [0.2, 0.25) is 0 Å². The lowest BCUT2D eigenvalue weighted by molar-refractivity contribution is 0.0687. The first-order valence-electron chi connectivity index (χ1n) is 6.38. The Hall–Kier alpha value is 0.150. The molecule has 1 saturated heterocycles. The summed E-state index contributed by atoms with van der Waals surface area (Å²) in [6.45, 7) is 2.92. The Balaban J connectivity index is 0.00000180. The topological polar surface area (TPSA) is 32.3 Å². The fourth-order valence-electron chi connectivity index (χ4n) is 2.38. The number of hydrogen-bond acceptors (Lipinski definition) is 3. The number of nitrogens with zero attached hydrogens (tertiary/aromatic N) is 1. The Kier molecular flexibility index (Phi) is 7.64. The first-order chi connectivity index (χ1) is 8.70. The summed E-state index contributed by atoms with van der Waals surface area (Å²) in [6.07, 6.45) is 3.53. The quantitative estimate of drug-likeness (QED) is 0.767. The molecule has 2 rings (SSSR count). The molecule has 0 unspecified atom stereocenters. The number of carbonyl (C=O) groups is 1. The number of rotatable bonds is 4. The summed E-state index contributed by atoms with van der Waals surface area (Å²) in [4.78, 5) is 14.3. The number of likely N-dealkylation sites (tertiary alicyclic amines) is 1. The largest absolute Gasteiger partial charge is 0.339 e. The fourth-order valence-corrected chi connectivity index (χ4v) is 3.70. The molecule has 0 aromatic carbocycles. The van der Waals surface area contributed by atoms with Crippen molar-refractivity contribution in [1.82, 2.24) is 10.2 Å². The van der Waals surface area contributed by atoms with E-state index >= 15 is 0 Å². The van der Waals surface area contributed by atoms with Gasteiger partial charge < -0.3 is 10.2 Å². The molecule has 3 nitrogen and oxygen atoms in total. The zero-order chi connectivity index (χ0) is 13.0. The van der Waals surface area contributed by atoms with E-state index < -0.39 is 0 Å². The van der Waals surface area contributed by atoms with Gasteiger partial charge in [0.25, 0.3) is 5.91 Å². The summed E-state index contributed by atoms with van der Waals surface area (Å²) < 4.78 is 1.18. The van der Waals surface area contributed by atoms with Crippen LogP contribution in [-0.2, 0) is 0 Å². The SMILES string of the molecule is CNCCC1CCN(C(=O)c2csc(I)c2)CC1.Cl. The number of thiophene rings is 1. The Bertz CT molecular complexity index is 405. The van der Waals surface area contributed by atoms with Crippen molar-refractivity contribution in [3.8, 4) is 0 Å². The average Bonchev–Trinajstić information content (AvgIpc) is 2.83. The van der Waals surface area contributed by atoms with E-state index in [9.17, 15) is 4.79 Å². The summed E-state index contributed by atoms with van der Waals surface area (Å²) in [7, 11) is 2.00. The maximum atomic E-state index is 12.3. The van der Waals surface area contributed by atoms with Crippen molar-refractivity contribution in [2.24, 2.45) is 5.92 Å². The fraction of sp³-hybridized carbons (Fsp3) is 0.615. The van der Waals surface area contributed by atoms with Gasteiger partial charge in [-0.2, -0.15) is 0 Å². The van der Waals surface area contributed by atoms with Crippen molar-refractivity contribution in [3.63, 3.8) is 0 Å². The van der Waals surface area contributed by atoms with Gasteiger partial charge in [0.2, 0.25) is 0 Å². The number of piperidine rings is 1. The lowest BCUT2D eigenvalue weighted by atomic mass is 9.93. The number of nitrogens with one attached hydrogen (secondary N) is 1. The molecule has 0 bridgehead atoms. The molecule has 2 heterocycles. The van der Waals surface area contributed by atoms with Crippen LogP contribution in [0.3, 0.4) is 0 Å². The molecule has 19 heavy (non-hydrogen) atoms. The molecule has 6 heteroatoms. The number of halogens is 2. The summed E-state index contributed by atoms with van der Waals surface area (Å²) in [5, 5.41) is 5.17. The van der Waals surface area contributed by atoms with E-state index in [1.807, 2.05) is 23.4 Å². The molecule has 0 saturated carbocycles. The first kappa shape index (κ1) is 17.2. The smallest absolute Gasteiger partial charge is 0.254 e. The third-order valence-electron chi connectivity index (χ3n) is 3.52. The molecule has 108 valence electrons. The first-order valence-corrected chi connectivity index (χ1v) is 8.34. The number of amides is 1. The summed E-state index contributed by atoms with van der Waals surface area (Å²) in [5.41, 5.74) is 0.859. The second-order valence-electron chi connectivity index (χ2n) is 4.77.